The molecule has 0 aromatic heterocycles. The van der Waals surface area contributed by atoms with Gasteiger partial charge in [0.1, 0.15) is 5.37 Å². The third-order valence-electron chi connectivity index (χ3n) is 2.98. The van der Waals surface area contributed by atoms with E-state index in [9.17, 15) is 9.59 Å². The fraction of sp³-hybridized carbons (Fsp3) is 0.385. The summed E-state index contributed by atoms with van der Waals surface area (Å²) in [6, 6.07) is 7.35. The Morgan fingerprint density at radius 3 is 2.79 bits per heavy atom. The Bertz CT molecular complexity index is 508. The SMILES string of the molecule is C[C@@H]1S[C@H](c2ccccc2Cl)N(CCC(=O)O)C1=O. The van der Waals surface area contributed by atoms with E-state index in [1.54, 1.807) is 11.0 Å². The lowest BCUT2D eigenvalue weighted by molar-refractivity contribution is -0.138. The largest absolute Gasteiger partial charge is 0.481 e. The van der Waals surface area contributed by atoms with Gasteiger partial charge in [0.2, 0.25) is 5.91 Å². The monoisotopic (exact) mass is 299 g/mol. The summed E-state index contributed by atoms with van der Waals surface area (Å²) in [6.07, 6.45) is -0.0556. The molecule has 1 amide bonds. The molecule has 0 saturated carbocycles. The van der Waals surface area contributed by atoms with Gasteiger partial charge in [-0.25, -0.2) is 0 Å². The first kappa shape index (κ1) is 14.2. The first-order chi connectivity index (χ1) is 9.00. The Balaban J connectivity index is 2.25. The third kappa shape index (κ3) is 3.04. The van der Waals surface area contributed by atoms with E-state index in [-0.39, 0.29) is 29.5 Å². The summed E-state index contributed by atoms with van der Waals surface area (Å²) in [5, 5.41) is 9.00. The second-order valence-corrected chi connectivity index (χ2v) is 6.16. The van der Waals surface area contributed by atoms with Crippen LogP contribution in [0.25, 0.3) is 0 Å². The second-order valence-electron chi connectivity index (χ2n) is 4.33. The van der Waals surface area contributed by atoms with Crippen LogP contribution < -0.4 is 0 Å². The molecule has 2 rings (SSSR count). The number of hydrogen-bond acceptors (Lipinski definition) is 3. The number of benzene rings is 1. The topological polar surface area (TPSA) is 57.6 Å². The molecule has 4 nitrogen and oxygen atoms in total. The first-order valence-electron chi connectivity index (χ1n) is 5.93. The Hall–Kier alpha value is -1.20. The van der Waals surface area contributed by atoms with Crippen LogP contribution in [0.2, 0.25) is 5.02 Å². The van der Waals surface area contributed by atoms with Gasteiger partial charge in [0.15, 0.2) is 0 Å². The maximum absolute atomic E-state index is 12.1. The van der Waals surface area contributed by atoms with Gasteiger partial charge in [-0.05, 0) is 13.0 Å². The summed E-state index contributed by atoms with van der Waals surface area (Å²) < 4.78 is 0. The van der Waals surface area contributed by atoms with Crippen molar-refractivity contribution in [3.63, 3.8) is 0 Å². The molecule has 1 aliphatic rings. The van der Waals surface area contributed by atoms with Crippen molar-refractivity contribution in [2.24, 2.45) is 0 Å². The van der Waals surface area contributed by atoms with Crippen LogP contribution in [0.5, 0.6) is 0 Å². The van der Waals surface area contributed by atoms with Gasteiger partial charge >= 0.3 is 5.97 Å². The number of rotatable bonds is 4. The van der Waals surface area contributed by atoms with E-state index in [2.05, 4.69) is 0 Å². The van der Waals surface area contributed by atoms with Crippen molar-refractivity contribution in [1.29, 1.82) is 0 Å². The fourth-order valence-electron chi connectivity index (χ4n) is 2.03. The summed E-state index contributed by atoms with van der Waals surface area (Å²) in [7, 11) is 0. The van der Waals surface area contributed by atoms with E-state index in [1.165, 1.54) is 11.8 Å². The summed E-state index contributed by atoms with van der Waals surface area (Å²) in [6.45, 7) is 2.04. The van der Waals surface area contributed by atoms with Gasteiger partial charge in [0.05, 0.1) is 11.7 Å². The molecule has 1 aromatic rings. The Morgan fingerprint density at radius 1 is 1.47 bits per heavy atom. The Labute approximate surface area is 120 Å². The van der Waals surface area contributed by atoms with E-state index in [0.29, 0.717) is 5.02 Å². The molecule has 1 heterocycles. The molecule has 1 aliphatic heterocycles. The lowest BCUT2D eigenvalue weighted by Crippen LogP contribution is -2.32. The zero-order chi connectivity index (χ0) is 14.0. The minimum absolute atomic E-state index is 0.0313. The molecule has 1 N–H and O–H groups in total. The zero-order valence-electron chi connectivity index (χ0n) is 10.4. The van der Waals surface area contributed by atoms with E-state index in [0.717, 1.165) is 5.56 Å². The highest BCUT2D eigenvalue weighted by molar-refractivity contribution is 8.01. The number of carbonyl (C=O) groups is 2. The van der Waals surface area contributed by atoms with Crippen molar-refractivity contribution < 1.29 is 14.7 Å². The molecular weight excluding hydrogens is 286 g/mol. The predicted molar refractivity (Wildman–Crippen MR) is 75.2 cm³/mol. The second kappa shape index (κ2) is 5.84. The highest BCUT2D eigenvalue weighted by Crippen LogP contribution is 2.44. The van der Waals surface area contributed by atoms with Gasteiger partial charge < -0.3 is 10.0 Å². The van der Waals surface area contributed by atoms with Crippen molar-refractivity contribution in [1.82, 2.24) is 4.90 Å². The van der Waals surface area contributed by atoms with Crippen molar-refractivity contribution >= 4 is 35.2 Å². The van der Waals surface area contributed by atoms with Gasteiger partial charge in [-0.2, -0.15) is 0 Å². The van der Waals surface area contributed by atoms with Gasteiger partial charge in [-0.1, -0.05) is 29.8 Å². The molecule has 19 heavy (non-hydrogen) atoms. The van der Waals surface area contributed by atoms with E-state index in [1.807, 2.05) is 25.1 Å². The van der Waals surface area contributed by atoms with E-state index >= 15 is 0 Å². The van der Waals surface area contributed by atoms with Crippen LogP contribution in [0.4, 0.5) is 0 Å². The van der Waals surface area contributed by atoms with Crippen LogP contribution in [0, 0.1) is 0 Å². The molecular formula is C13H14ClNO3S. The average molecular weight is 300 g/mol. The van der Waals surface area contributed by atoms with Gasteiger partial charge in [0, 0.05) is 17.1 Å². The standard InChI is InChI=1S/C13H14ClNO3S/c1-8-12(18)15(7-6-11(16)17)13(19-8)9-4-2-3-5-10(9)14/h2-5,8,13H,6-7H2,1H3,(H,16,17)/t8-,13+/m0/s1. The molecule has 1 saturated heterocycles. The highest BCUT2D eigenvalue weighted by atomic mass is 35.5. The third-order valence-corrected chi connectivity index (χ3v) is 4.71. The molecule has 0 unspecified atom stereocenters. The lowest BCUT2D eigenvalue weighted by atomic mass is 10.2. The quantitative estimate of drug-likeness (QED) is 0.929. The van der Waals surface area contributed by atoms with E-state index in [4.69, 9.17) is 16.7 Å². The highest BCUT2D eigenvalue weighted by Gasteiger charge is 2.39. The maximum Gasteiger partial charge on any atom is 0.305 e. The molecule has 1 fully saturated rings. The van der Waals surface area contributed by atoms with Gasteiger partial charge in [-0.3, -0.25) is 9.59 Å². The van der Waals surface area contributed by atoms with Crippen molar-refractivity contribution in [3.05, 3.63) is 34.9 Å². The molecule has 0 aliphatic carbocycles. The molecule has 1 aromatic carbocycles. The number of hydrogen-bond donors (Lipinski definition) is 1. The maximum atomic E-state index is 12.1. The summed E-state index contributed by atoms with van der Waals surface area (Å²) in [4.78, 5) is 24.4. The van der Waals surface area contributed by atoms with Crippen LogP contribution in [-0.2, 0) is 9.59 Å². The molecule has 2 atom stereocenters. The Morgan fingerprint density at radius 2 is 2.16 bits per heavy atom. The predicted octanol–water partition coefficient (Wildman–Crippen LogP) is 2.78. The van der Waals surface area contributed by atoms with Gasteiger partial charge in [0.25, 0.3) is 0 Å². The zero-order valence-corrected chi connectivity index (χ0v) is 11.9. The van der Waals surface area contributed by atoms with Crippen LogP contribution in [0.15, 0.2) is 24.3 Å². The normalized spacial score (nSPS) is 22.8. The molecule has 0 bridgehead atoms. The molecule has 0 spiro atoms. The minimum atomic E-state index is -0.907. The number of amides is 1. The fourth-order valence-corrected chi connectivity index (χ4v) is 3.68. The van der Waals surface area contributed by atoms with Crippen LogP contribution in [0.3, 0.4) is 0 Å². The number of thioether (sulfide) groups is 1. The smallest absolute Gasteiger partial charge is 0.305 e. The van der Waals surface area contributed by atoms with Crippen molar-refractivity contribution in [2.75, 3.05) is 6.54 Å². The van der Waals surface area contributed by atoms with Crippen LogP contribution in [-0.4, -0.2) is 33.7 Å². The number of aliphatic carboxylic acids is 1. The van der Waals surface area contributed by atoms with E-state index < -0.39 is 5.97 Å². The summed E-state index contributed by atoms with van der Waals surface area (Å²) in [5.41, 5.74) is 0.859. The summed E-state index contributed by atoms with van der Waals surface area (Å²) >= 11 is 7.66. The Kier molecular flexibility index (Phi) is 4.37. The number of halogens is 1. The number of carboxylic acid groups (broad SMARTS) is 1. The minimum Gasteiger partial charge on any atom is -0.481 e. The lowest BCUT2D eigenvalue weighted by Gasteiger charge is -2.24. The summed E-state index contributed by atoms with van der Waals surface area (Å²) in [5.74, 6) is -0.938. The number of carbonyl (C=O) groups excluding carboxylic acids is 1. The average Bonchev–Trinajstić information content (AvgIpc) is 2.64. The molecule has 102 valence electrons. The molecule has 6 heteroatoms. The first-order valence-corrected chi connectivity index (χ1v) is 7.25. The number of nitrogens with zero attached hydrogens (tertiary/aromatic N) is 1. The van der Waals surface area contributed by atoms with Gasteiger partial charge in [-0.15, -0.1) is 11.8 Å². The van der Waals surface area contributed by atoms with Crippen LogP contribution >= 0.6 is 23.4 Å². The van der Waals surface area contributed by atoms with Crippen molar-refractivity contribution in [3.8, 4) is 0 Å². The van der Waals surface area contributed by atoms with Crippen molar-refractivity contribution in [2.45, 2.75) is 24.0 Å². The van der Waals surface area contributed by atoms with Crippen LogP contribution in [0.1, 0.15) is 24.3 Å². The molecule has 0 radical (unpaired) electrons. The number of carboxylic acids is 1.